The van der Waals surface area contributed by atoms with E-state index in [0.29, 0.717) is 30.8 Å². The van der Waals surface area contributed by atoms with Crippen LogP contribution >= 0.6 is 0 Å². The van der Waals surface area contributed by atoms with Crippen molar-refractivity contribution in [2.75, 3.05) is 6.54 Å². The van der Waals surface area contributed by atoms with Gasteiger partial charge in [0.15, 0.2) is 0 Å². The van der Waals surface area contributed by atoms with Gasteiger partial charge >= 0.3 is 11.9 Å². The van der Waals surface area contributed by atoms with Gasteiger partial charge in [0.25, 0.3) is 5.91 Å². The molecule has 0 fully saturated rings. The Kier molecular flexibility index (Phi) is 6.10. The minimum Gasteiger partial charge on any atom is -0.506 e. The molecule has 3 heterocycles. The molecule has 1 aliphatic rings. The maximum Gasteiger partial charge on any atom is 0.328 e. The number of hydrogen-bond donors (Lipinski definition) is 4. The fraction of sp³-hybridized carbons (Fsp3) is 0.238. The lowest BCUT2D eigenvalue weighted by molar-refractivity contribution is -0.134. The van der Waals surface area contributed by atoms with Gasteiger partial charge in [0.1, 0.15) is 5.75 Å². The number of rotatable bonds is 4. The molecule has 10 heteroatoms. The largest absolute Gasteiger partial charge is 0.506 e. The van der Waals surface area contributed by atoms with E-state index in [1.807, 2.05) is 29.5 Å². The van der Waals surface area contributed by atoms with Gasteiger partial charge in [-0.05, 0) is 13.0 Å². The molecule has 162 valence electrons. The summed E-state index contributed by atoms with van der Waals surface area (Å²) in [6.07, 6.45) is 3.54. The number of carbonyl (C=O) groups is 3. The van der Waals surface area contributed by atoms with Gasteiger partial charge in [-0.25, -0.2) is 14.6 Å². The second-order valence-electron chi connectivity index (χ2n) is 7.01. The molecule has 1 aliphatic heterocycles. The van der Waals surface area contributed by atoms with Crippen LogP contribution in [0.3, 0.4) is 0 Å². The summed E-state index contributed by atoms with van der Waals surface area (Å²) in [5.74, 6) is -2.30. The smallest absolute Gasteiger partial charge is 0.328 e. The van der Waals surface area contributed by atoms with Gasteiger partial charge in [0.05, 0.1) is 29.6 Å². The van der Waals surface area contributed by atoms with Crippen molar-refractivity contribution in [1.29, 1.82) is 0 Å². The summed E-state index contributed by atoms with van der Waals surface area (Å²) in [6, 6.07) is 5.33. The first-order valence-electron chi connectivity index (χ1n) is 9.42. The van der Waals surface area contributed by atoms with Crippen LogP contribution in [0.25, 0.3) is 10.9 Å². The molecule has 0 spiro atoms. The Labute approximate surface area is 177 Å². The Hall–Kier alpha value is -4.08. The average Bonchev–Trinajstić information content (AvgIpc) is 3.25. The molecule has 4 N–H and O–H groups in total. The summed E-state index contributed by atoms with van der Waals surface area (Å²) in [6.45, 7) is 3.12. The fourth-order valence-electron chi connectivity index (χ4n) is 3.60. The molecule has 2 aromatic heterocycles. The van der Waals surface area contributed by atoms with Crippen molar-refractivity contribution in [2.24, 2.45) is 7.05 Å². The number of phenolic OH excluding ortho intramolecular Hbond substituents is 1. The summed E-state index contributed by atoms with van der Waals surface area (Å²) in [7, 11) is 1.90. The number of H-pyrrole nitrogens is 1. The van der Waals surface area contributed by atoms with Crippen LogP contribution in [-0.4, -0.2) is 59.1 Å². The minimum absolute atomic E-state index is 0.00449. The number of nitrogens with zero attached hydrogens (tertiary/aromatic N) is 3. The number of imidazole rings is 1. The predicted octanol–water partition coefficient (Wildman–Crippen LogP) is 1.83. The highest BCUT2D eigenvalue weighted by Crippen LogP contribution is 2.34. The van der Waals surface area contributed by atoms with Crippen molar-refractivity contribution >= 4 is 28.7 Å². The molecule has 0 saturated heterocycles. The van der Waals surface area contributed by atoms with E-state index in [1.54, 1.807) is 18.5 Å². The number of para-hydroxylation sites is 1. The van der Waals surface area contributed by atoms with E-state index in [1.165, 1.54) is 0 Å². The number of hydrogen-bond acceptors (Lipinski definition) is 5. The van der Waals surface area contributed by atoms with E-state index in [9.17, 15) is 19.5 Å². The van der Waals surface area contributed by atoms with Gasteiger partial charge in [-0.1, -0.05) is 12.1 Å². The third-order valence-corrected chi connectivity index (χ3v) is 5.08. The minimum atomic E-state index is -1.26. The van der Waals surface area contributed by atoms with E-state index in [4.69, 9.17) is 10.2 Å². The average molecular weight is 426 g/mol. The summed E-state index contributed by atoms with van der Waals surface area (Å²) in [5.41, 5.74) is 4.30. The summed E-state index contributed by atoms with van der Waals surface area (Å²) < 4.78 is 1.94. The number of benzene rings is 1. The van der Waals surface area contributed by atoms with Gasteiger partial charge in [0, 0.05) is 48.9 Å². The maximum absolute atomic E-state index is 13.0. The van der Waals surface area contributed by atoms with Crippen molar-refractivity contribution in [3.8, 4) is 5.75 Å². The molecule has 3 aromatic rings. The van der Waals surface area contributed by atoms with Crippen LogP contribution in [0.15, 0.2) is 36.7 Å². The number of carboxylic acids is 2. The zero-order valence-electron chi connectivity index (χ0n) is 17.0. The van der Waals surface area contributed by atoms with E-state index in [2.05, 4.69) is 9.97 Å². The Morgan fingerprint density at radius 2 is 1.90 bits per heavy atom. The quantitative estimate of drug-likeness (QED) is 0.465. The lowest BCUT2D eigenvalue weighted by Crippen LogP contribution is -2.37. The number of aryl methyl sites for hydroxylation is 2. The standard InChI is InChI=1S/C17H18N4O2.C4H4O4/c1-10-12(19-9-18-10)8-21-7-6-13-15(17(21)23)11-4-3-5-14(22)16(11)20(13)2;5-3(6)1-2-4(7)8/h3-5,9,22H,6-8H2,1-2H3,(H,18,19);1-2H,(H,5,6)(H,7,8)/b;2-1-. The first-order valence-corrected chi connectivity index (χ1v) is 9.42. The van der Waals surface area contributed by atoms with Crippen LogP contribution in [-0.2, 0) is 29.6 Å². The lowest BCUT2D eigenvalue weighted by atomic mass is 10.0. The molecular weight excluding hydrogens is 404 g/mol. The first kappa shape index (κ1) is 21.6. The number of aromatic hydroxyl groups is 1. The van der Waals surface area contributed by atoms with Crippen molar-refractivity contribution in [2.45, 2.75) is 19.9 Å². The molecule has 0 radical (unpaired) electrons. The highest BCUT2D eigenvalue weighted by Gasteiger charge is 2.31. The Morgan fingerprint density at radius 1 is 1.23 bits per heavy atom. The number of carbonyl (C=O) groups excluding carboxylic acids is 1. The van der Waals surface area contributed by atoms with Crippen LogP contribution < -0.4 is 0 Å². The Morgan fingerprint density at radius 3 is 2.48 bits per heavy atom. The fourth-order valence-corrected chi connectivity index (χ4v) is 3.60. The second-order valence-corrected chi connectivity index (χ2v) is 7.01. The van der Waals surface area contributed by atoms with Crippen molar-refractivity contribution < 1.29 is 29.7 Å². The third-order valence-electron chi connectivity index (χ3n) is 5.08. The summed E-state index contributed by atoms with van der Waals surface area (Å²) in [4.78, 5) is 41.3. The molecule has 0 saturated carbocycles. The van der Waals surface area contributed by atoms with Gasteiger partial charge < -0.3 is 29.8 Å². The van der Waals surface area contributed by atoms with Crippen molar-refractivity contribution in [3.05, 3.63) is 59.3 Å². The second kappa shape index (κ2) is 8.74. The molecule has 1 amide bonds. The molecule has 4 rings (SSSR count). The van der Waals surface area contributed by atoms with Crippen molar-refractivity contribution in [3.63, 3.8) is 0 Å². The topological polar surface area (TPSA) is 149 Å². The lowest BCUT2D eigenvalue weighted by Gasteiger charge is -2.27. The molecule has 1 aromatic carbocycles. The number of aliphatic carboxylic acids is 2. The van der Waals surface area contributed by atoms with E-state index in [-0.39, 0.29) is 11.7 Å². The normalized spacial score (nSPS) is 13.2. The Balaban J connectivity index is 0.000000293. The van der Waals surface area contributed by atoms with Gasteiger partial charge in [-0.2, -0.15) is 0 Å². The van der Waals surface area contributed by atoms with Crippen molar-refractivity contribution in [1.82, 2.24) is 19.4 Å². The summed E-state index contributed by atoms with van der Waals surface area (Å²) in [5, 5.41) is 26.6. The molecule has 0 bridgehead atoms. The number of fused-ring (bicyclic) bond motifs is 3. The molecule has 0 atom stereocenters. The molecule has 0 unspecified atom stereocenters. The molecular formula is C21H22N4O6. The monoisotopic (exact) mass is 426 g/mol. The first-order chi connectivity index (χ1) is 14.7. The molecule has 0 aliphatic carbocycles. The van der Waals surface area contributed by atoms with Crippen LogP contribution in [0.1, 0.15) is 27.4 Å². The Bertz CT molecular complexity index is 1170. The predicted molar refractivity (Wildman–Crippen MR) is 111 cm³/mol. The number of aromatic nitrogens is 3. The molecule has 31 heavy (non-hydrogen) atoms. The SMILES string of the molecule is Cc1[nH]cnc1CN1CCc2c(c3cccc(O)c3n2C)C1=O.O=C(O)/C=C\C(=O)O. The molecule has 10 nitrogen and oxygen atoms in total. The maximum atomic E-state index is 13.0. The number of nitrogens with one attached hydrogen (secondary N) is 1. The van der Waals surface area contributed by atoms with E-state index < -0.39 is 11.9 Å². The van der Waals surface area contributed by atoms with Crippen LogP contribution in [0.4, 0.5) is 0 Å². The van der Waals surface area contributed by atoms with Gasteiger partial charge in [0.2, 0.25) is 0 Å². The van der Waals surface area contributed by atoms with E-state index in [0.717, 1.165) is 34.4 Å². The number of carboxylic acid groups (broad SMARTS) is 2. The number of phenols is 1. The zero-order valence-corrected chi connectivity index (χ0v) is 17.0. The highest BCUT2D eigenvalue weighted by atomic mass is 16.4. The third kappa shape index (κ3) is 4.42. The summed E-state index contributed by atoms with van der Waals surface area (Å²) >= 11 is 0. The number of amides is 1. The van der Waals surface area contributed by atoms with Crippen LogP contribution in [0.5, 0.6) is 5.75 Å². The van der Waals surface area contributed by atoms with Crippen LogP contribution in [0.2, 0.25) is 0 Å². The zero-order chi connectivity index (χ0) is 22.7. The van der Waals surface area contributed by atoms with Gasteiger partial charge in [-0.15, -0.1) is 0 Å². The van der Waals surface area contributed by atoms with Crippen LogP contribution in [0, 0.1) is 6.92 Å². The van der Waals surface area contributed by atoms with E-state index >= 15 is 0 Å². The number of aromatic amines is 1. The highest BCUT2D eigenvalue weighted by molar-refractivity contribution is 6.10. The van der Waals surface area contributed by atoms with Gasteiger partial charge in [-0.3, -0.25) is 4.79 Å².